The van der Waals surface area contributed by atoms with Gasteiger partial charge in [-0.2, -0.15) is 10.4 Å². The van der Waals surface area contributed by atoms with Crippen LogP contribution in [0.2, 0.25) is 0 Å². The number of aromatic nitrogens is 2. The highest BCUT2D eigenvalue weighted by molar-refractivity contribution is 5.86. The molecule has 0 saturated heterocycles. The first-order valence-corrected chi connectivity index (χ1v) is 9.04. The molecular formula is C23H17N3O3. The Morgan fingerprint density at radius 1 is 1.07 bits per heavy atom. The fourth-order valence-electron chi connectivity index (χ4n) is 2.96. The highest BCUT2D eigenvalue weighted by Crippen LogP contribution is 2.23. The Kier molecular flexibility index (Phi) is 5.21. The first-order valence-electron chi connectivity index (χ1n) is 9.04. The molecule has 0 spiro atoms. The van der Waals surface area contributed by atoms with E-state index in [2.05, 4.69) is 11.2 Å². The number of nitrogens with zero attached hydrogens (tertiary/aromatic N) is 3. The molecule has 2 aromatic carbocycles. The SMILES string of the molecule is N#Cc1ccccc1-c1ccc(COC(=O)c2ccc(Cn3cccn3)o2)cc1. The molecule has 29 heavy (non-hydrogen) atoms. The molecule has 0 fully saturated rings. The molecule has 2 aromatic heterocycles. The summed E-state index contributed by atoms with van der Waals surface area (Å²) in [5.41, 5.74) is 3.28. The third-order valence-corrected chi connectivity index (χ3v) is 4.42. The number of rotatable bonds is 6. The van der Waals surface area contributed by atoms with Crippen molar-refractivity contribution in [2.24, 2.45) is 0 Å². The van der Waals surface area contributed by atoms with Crippen molar-refractivity contribution >= 4 is 5.97 Å². The summed E-state index contributed by atoms with van der Waals surface area (Å²) in [6, 6.07) is 22.4. The van der Waals surface area contributed by atoms with Crippen LogP contribution in [-0.4, -0.2) is 15.7 Å². The molecule has 4 aromatic rings. The molecular weight excluding hydrogens is 366 g/mol. The average Bonchev–Trinajstić information content (AvgIpc) is 3.45. The normalized spacial score (nSPS) is 10.4. The lowest BCUT2D eigenvalue weighted by Crippen LogP contribution is -2.04. The van der Waals surface area contributed by atoms with Crippen LogP contribution in [0.25, 0.3) is 11.1 Å². The molecule has 0 atom stereocenters. The van der Waals surface area contributed by atoms with Gasteiger partial charge in [0.2, 0.25) is 5.76 Å². The predicted octanol–water partition coefficient (Wildman–Crippen LogP) is 4.42. The van der Waals surface area contributed by atoms with E-state index in [0.717, 1.165) is 16.7 Å². The zero-order valence-corrected chi connectivity index (χ0v) is 15.5. The Morgan fingerprint density at radius 2 is 1.90 bits per heavy atom. The van der Waals surface area contributed by atoms with Gasteiger partial charge in [-0.25, -0.2) is 4.79 Å². The number of esters is 1. The van der Waals surface area contributed by atoms with Gasteiger partial charge in [0.15, 0.2) is 0 Å². The zero-order valence-electron chi connectivity index (χ0n) is 15.5. The van der Waals surface area contributed by atoms with Crippen LogP contribution in [0.4, 0.5) is 0 Å². The van der Waals surface area contributed by atoms with E-state index in [1.807, 2.05) is 54.7 Å². The van der Waals surface area contributed by atoms with Crippen molar-refractivity contribution < 1.29 is 13.9 Å². The molecule has 0 unspecified atom stereocenters. The van der Waals surface area contributed by atoms with Gasteiger partial charge < -0.3 is 9.15 Å². The molecule has 6 nitrogen and oxygen atoms in total. The number of hydrogen-bond acceptors (Lipinski definition) is 5. The Morgan fingerprint density at radius 3 is 2.66 bits per heavy atom. The molecule has 0 aliphatic rings. The maximum Gasteiger partial charge on any atom is 0.374 e. The molecule has 0 amide bonds. The van der Waals surface area contributed by atoms with Crippen LogP contribution in [0.1, 0.15) is 27.4 Å². The second kappa shape index (κ2) is 8.28. The topological polar surface area (TPSA) is 81.0 Å². The van der Waals surface area contributed by atoms with Crippen LogP contribution < -0.4 is 0 Å². The van der Waals surface area contributed by atoms with Gasteiger partial charge in [0.25, 0.3) is 0 Å². The number of benzene rings is 2. The molecule has 4 rings (SSSR count). The van der Waals surface area contributed by atoms with Gasteiger partial charge >= 0.3 is 5.97 Å². The minimum atomic E-state index is -0.518. The maximum atomic E-state index is 12.2. The van der Waals surface area contributed by atoms with Gasteiger partial charge in [-0.05, 0) is 41.0 Å². The predicted molar refractivity (Wildman–Crippen MR) is 106 cm³/mol. The van der Waals surface area contributed by atoms with Crippen molar-refractivity contribution in [1.29, 1.82) is 5.26 Å². The Balaban J connectivity index is 1.37. The van der Waals surface area contributed by atoms with E-state index in [1.54, 1.807) is 29.1 Å². The van der Waals surface area contributed by atoms with Gasteiger partial charge in [0.1, 0.15) is 12.4 Å². The lowest BCUT2D eigenvalue weighted by atomic mass is 9.99. The van der Waals surface area contributed by atoms with E-state index in [1.165, 1.54) is 0 Å². The summed E-state index contributed by atoms with van der Waals surface area (Å²) in [7, 11) is 0. The van der Waals surface area contributed by atoms with Gasteiger partial charge in [0, 0.05) is 12.4 Å². The van der Waals surface area contributed by atoms with E-state index < -0.39 is 5.97 Å². The van der Waals surface area contributed by atoms with Gasteiger partial charge in [-0.15, -0.1) is 0 Å². The number of nitriles is 1. The Bertz CT molecular complexity index is 1150. The summed E-state index contributed by atoms with van der Waals surface area (Å²) < 4.78 is 12.6. The number of ether oxygens (including phenoxy) is 1. The number of carbonyl (C=O) groups is 1. The number of hydrogen-bond donors (Lipinski definition) is 0. The van der Waals surface area contributed by atoms with Crippen molar-refractivity contribution in [3.8, 4) is 17.2 Å². The van der Waals surface area contributed by atoms with Crippen molar-refractivity contribution in [3.05, 3.63) is 102 Å². The van der Waals surface area contributed by atoms with Gasteiger partial charge in [-0.1, -0.05) is 42.5 Å². The quantitative estimate of drug-likeness (QED) is 0.460. The fourth-order valence-corrected chi connectivity index (χ4v) is 2.96. The molecule has 0 saturated carbocycles. The van der Waals surface area contributed by atoms with Crippen LogP contribution >= 0.6 is 0 Å². The van der Waals surface area contributed by atoms with Crippen LogP contribution in [0, 0.1) is 11.3 Å². The van der Waals surface area contributed by atoms with Crippen molar-refractivity contribution in [1.82, 2.24) is 9.78 Å². The molecule has 0 radical (unpaired) electrons. The summed E-state index contributed by atoms with van der Waals surface area (Å²) in [4.78, 5) is 12.2. The highest BCUT2D eigenvalue weighted by atomic mass is 16.5. The highest BCUT2D eigenvalue weighted by Gasteiger charge is 2.13. The third-order valence-electron chi connectivity index (χ3n) is 4.42. The lowest BCUT2D eigenvalue weighted by Gasteiger charge is -2.07. The zero-order chi connectivity index (χ0) is 20.1. The summed E-state index contributed by atoms with van der Waals surface area (Å²) >= 11 is 0. The van der Waals surface area contributed by atoms with Crippen molar-refractivity contribution in [2.75, 3.05) is 0 Å². The first kappa shape index (κ1) is 18.3. The summed E-state index contributed by atoms with van der Waals surface area (Å²) in [5.74, 6) is 0.267. The van der Waals surface area contributed by atoms with E-state index in [9.17, 15) is 10.1 Å². The van der Waals surface area contributed by atoms with Crippen LogP contribution in [0.15, 0.2) is 83.5 Å². The van der Waals surface area contributed by atoms with E-state index >= 15 is 0 Å². The molecule has 6 heteroatoms. The molecule has 142 valence electrons. The van der Waals surface area contributed by atoms with E-state index in [-0.39, 0.29) is 12.4 Å². The molecule has 0 bridgehead atoms. The number of furan rings is 1. The fraction of sp³-hybridized carbons (Fsp3) is 0.0870. The standard InChI is InChI=1S/C23H17N3O3/c24-14-19-4-1-2-5-21(19)18-8-6-17(7-9-18)16-28-23(27)22-11-10-20(29-22)15-26-13-3-12-25-26/h1-13H,15-16H2. The van der Waals surface area contributed by atoms with Crippen LogP contribution in [-0.2, 0) is 17.9 Å². The lowest BCUT2D eigenvalue weighted by molar-refractivity contribution is 0.0434. The summed E-state index contributed by atoms with van der Waals surface area (Å²) in [6.07, 6.45) is 3.50. The smallest absolute Gasteiger partial charge is 0.374 e. The Hall–Kier alpha value is -4.11. The first-order chi connectivity index (χ1) is 14.2. The minimum Gasteiger partial charge on any atom is -0.455 e. The second-order valence-corrected chi connectivity index (χ2v) is 6.40. The summed E-state index contributed by atoms with van der Waals surface area (Å²) in [6.45, 7) is 0.583. The molecule has 0 aliphatic heterocycles. The largest absolute Gasteiger partial charge is 0.455 e. The summed E-state index contributed by atoms with van der Waals surface area (Å²) in [5, 5.41) is 13.3. The van der Waals surface area contributed by atoms with Crippen molar-refractivity contribution in [2.45, 2.75) is 13.2 Å². The molecule has 0 N–H and O–H groups in total. The van der Waals surface area contributed by atoms with Crippen LogP contribution in [0.3, 0.4) is 0 Å². The molecule has 0 aliphatic carbocycles. The monoisotopic (exact) mass is 383 g/mol. The molecule has 2 heterocycles. The average molecular weight is 383 g/mol. The van der Waals surface area contributed by atoms with E-state index in [4.69, 9.17) is 9.15 Å². The van der Waals surface area contributed by atoms with Crippen LogP contribution in [0.5, 0.6) is 0 Å². The minimum absolute atomic E-state index is 0.133. The van der Waals surface area contributed by atoms with Crippen molar-refractivity contribution in [3.63, 3.8) is 0 Å². The van der Waals surface area contributed by atoms with Gasteiger partial charge in [-0.3, -0.25) is 4.68 Å². The van der Waals surface area contributed by atoms with Gasteiger partial charge in [0.05, 0.1) is 18.2 Å². The number of carbonyl (C=O) groups excluding carboxylic acids is 1. The third kappa shape index (κ3) is 4.25. The maximum absolute atomic E-state index is 12.2. The Labute approximate surface area is 167 Å². The second-order valence-electron chi connectivity index (χ2n) is 6.40. The van der Waals surface area contributed by atoms with E-state index in [0.29, 0.717) is 17.9 Å².